The fourth-order valence-corrected chi connectivity index (χ4v) is 3.26. The summed E-state index contributed by atoms with van der Waals surface area (Å²) in [5, 5.41) is 13.9. The van der Waals surface area contributed by atoms with Gasteiger partial charge in [0.25, 0.3) is 0 Å². The molecule has 1 saturated heterocycles. The van der Waals surface area contributed by atoms with Gasteiger partial charge in [0.15, 0.2) is 0 Å². The van der Waals surface area contributed by atoms with Gasteiger partial charge >= 0.3 is 0 Å². The molecule has 1 aliphatic heterocycles. The summed E-state index contributed by atoms with van der Waals surface area (Å²) in [4.78, 5) is 6.48. The van der Waals surface area contributed by atoms with Gasteiger partial charge in [-0.05, 0) is 62.9 Å². The van der Waals surface area contributed by atoms with Crippen molar-refractivity contribution in [1.29, 1.82) is 0 Å². The van der Waals surface area contributed by atoms with Gasteiger partial charge in [-0.1, -0.05) is 12.1 Å². The van der Waals surface area contributed by atoms with Crippen molar-refractivity contribution in [2.45, 2.75) is 39.3 Å². The van der Waals surface area contributed by atoms with E-state index in [2.05, 4.69) is 40.1 Å². The van der Waals surface area contributed by atoms with E-state index in [-0.39, 0.29) is 6.10 Å². The van der Waals surface area contributed by atoms with Gasteiger partial charge in [0.05, 0.1) is 11.8 Å². The lowest BCUT2D eigenvalue weighted by Gasteiger charge is -2.33. The van der Waals surface area contributed by atoms with Gasteiger partial charge in [0.2, 0.25) is 0 Å². The molecule has 0 amide bonds. The lowest BCUT2D eigenvalue weighted by Crippen LogP contribution is -2.36. The van der Waals surface area contributed by atoms with Crippen molar-refractivity contribution >= 4 is 0 Å². The minimum atomic E-state index is -0.175. The maximum absolute atomic E-state index is 9.68. The summed E-state index contributed by atoms with van der Waals surface area (Å²) in [6.45, 7) is 7.14. The molecule has 1 aliphatic rings. The molecule has 5 heteroatoms. The highest BCUT2D eigenvalue weighted by molar-refractivity contribution is 5.41. The van der Waals surface area contributed by atoms with Crippen LogP contribution in [0.4, 0.5) is 0 Å². The van der Waals surface area contributed by atoms with Crippen LogP contribution >= 0.6 is 0 Å². The van der Waals surface area contributed by atoms with Crippen LogP contribution in [0, 0.1) is 12.8 Å². The second-order valence-corrected chi connectivity index (χ2v) is 6.32. The normalized spacial score (nSPS) is 18.5. The third-order valence-electron chi connectivity index (χ3n) is 4.65. The number of piperidine rings is 1. The Hall–Kier alpha value is -1.72. The number of aryl methyl sites for hydroxylation is 1. The van der Waals surface area contributed by atoms with E-state index in [0.717, 1.165) is 38.2 Å². The zero-order chi connectivity index (χ0) is 15.5. The first-order valence-corrected chi connectivity index (χ1v) is 7.98. The smallest absolute Gasteiger partial charge is 0.138 e. The first-order chi connectivity index (χ1) is 10.6. The largest absolute Gasteiger partial charge is 0.393 e. The number of likely N-dealkylation sites (tertiary alicyclic amines) is 1. The summed E-state index contributed by atoms with van der Waals surface area (Å²) in [6.07, 6.45) is 5.29. The standard InChI is InChI=1S/C17H24N4O/c1-13-9-15(3-4-17(13)21-12-18-11-19-21)10-20-7-5-16(6-8-20)14(2)22/h3-4,9,11-12,14,16,22H,5-8,10H2,1-2H3. The summed E-state index contributed by atoms with van der Waals surface area (Å²) in [7, 11) is 0. The molecule has 3 rings (SSSR count). The van der Waals surface area contributed by atoms with E-state index in [9.17, 15) is 5.11 Å². The lowest BCUT2D eigenvalue weighted by atomic mass is 9.92. The van der Waals surface area contributed by atoms with Crippen LogP contribution < -0.4 is 0 Å². The van der Waals surface area contributed by atoms with Crippen molar-refractivity contribution in [3.63, 3.8) is 0 Å². The van der Waals surface area contributed by atoms with Crippen LogP contribution in [-0.2, 0) is 6.54 Å². The minimum absolute atomic E-state index is 0.175. The van der Waals surface area contributed by atoms with E-state index >= 15 is 0 Å². The summed E-state index contributed by atoms with van der Waals surface area (Å²) < 4.78 is 1.80. The van der Waals surface area contributed by atoms with E-state index in [1.807, 2.05) is 6.92 Å². The average molecular weight is 300 g/mol. The molecular weight excluding hydrogens is 276 g/mol. The molecular formula is C17H24N4O. The van der Waals surface area contributed by atoms with E-state index in [0.29, 0.717) is 5.92 Å². The number of benzene rings is 1. The zero-order valence-corrected chi connectivity index (χ0v) is 13.3. The van der Waals surface area contributed by atoms with Crippen LogP contribution in [0.3, 0.4) is 0 Å². The fourth-order valence-electron chi connectivity index (χ4n) is 3.26. The number of hydrogen-bond acceptors (Lipinski definition) is 4. The van der Waals surface area contributed by atoms with E-state index in [4.69, 9.17) is 0 Å². The van der Waals surface area contributed by atoms with Crippen molar-refractivity contribution in [1.82, 2.24) is 19.7 Å². The molecule has 0 aliphatic carbocycles. The Bertz CT molecular complexity index is 601. The van der Waals surface area contributed by atoms with Gasteiger partial charge in [0, 0.05) is 6.54 Å². The topological polar surface area (TPSA) is 54.2 Å². The third kappa shape index (κ3) is 3.36. The van der Waals surface area contributed by atoms with Crippen LogP contribution in [0.15, 0.2) is 30.9 Å². The summed E-state index contributed by atoms with van der Waals surface area (Å²) >= 11 is 0. The number of hydrogen-bond donors (Lipinski definition) is 1. The molecule has 22 heavy (non-hydrogen) atoms. The minimum Gasteiger partial charge on any atom is -0.393 e. The van der Waals surface area contributed by atoms with Crippen molar-refractivity contribution in [2.75, 3.05) is 13.1 Å². The monoisotopic (exact) mass is 300 g/mol. The molecule has 1 aromatic heterocycles. The molecule has 5 nitrogen and oxygen atoms in total. The maximum atomic E-state index is 9.68. The molecule has 2 heterocycles. The Morgan fingerprint density at radius 2 is 2.09 bits per heavy atom. The van der Waals surface area contributed by atoms with Gasteiger partial charge in [-0.2, -0.15) is 5.10 Å². The molecule has 0 bridgehead atoms. The molecule has 1 unspecified atom stereocenters. The van der Waals surface area contributed by atoms with Crippen molar-refractivity contribution in [3.05, 3.63) is 42.0 Å². The van der Waals surface area contributed by atoms with Crippen LogP contribution in [0.25, 0.3) is 5.69 Å². The van der Waals surface area contributed by atoms with Crippen molar-refractivity contribution < 1.29 is 5.11 Å². The molecule has 1 atom stereocenters. The quantitative estimate of drug-likeness (QED) is 0.940. The Kier molecular flexibility index (Phi) is 4.55. The second kappa shape index (κ2) is 6.58. The highest BCUT2D eigenvalue weighted by Crippen LogP contribution is 2.23. The predicted molar refractivity (Wildman–Crippen MR) is 85.8 cm³/mol. The molecule has 1 aromatic carbocycles. The molecule has 1 N–H and O–H groups in total. The summed E-state index contributed by atoms with van der Waals surface area (Å²) in [6, 6.07) is 6.52. The van der Waals surface area contributed by atoms with Gasteiger partial charge in [-0.3, -0.25) is 4.90 Å². The van der Waals surface area contributed by atoms with E-state index in [1.54, 1.807) is 17.3 Å². The first kappa shape index (κ1) is 15.2. The van der Waals surface area contributed by atoms with Gasteiger partial charge in [0.1, 0.15) is 12.7 Å². The number of rotatable bonds is 4. The SMILES string of the molecule is Cc1cc(CN2CCC(C(C)O)CC2)ccc1-n1cncn1. The Morgan fingerprint density at radius 1 is 1.32 bits per heavy atom. The molecule has 2 aromatic rings. The average Bonchev–Trinajstić information content (AvgIpc) is 3.02. The first-order valence-electron chi connectivity index (χ1n) is 7.98. The fraction of sp³-hybridized carbons (Fsp3) is 0.529. The Balaban J connectivity index is 1.63. The van der Waals surface area contributed by atoms with E-state index in [1.165, 1.54) is 11.1 Å². The highest BCUT2D eigenvalue weighted by Gasteiger charge is 2.22. The predicted octanol–water partition coefficient (Wildman–Crippen LogP) is 2.17. The number of aliphatic hydroxyl groups is 1. The van der Waals surface area contributed by atoms with Crippen LogP contribution in [-0.4, -0.2) is 44.0 Å². The molecule has 118 valence electrons. The summed E-state index contributed by atoms with van der Waals surface area (Å²) in [5.41, 5.74) is 3.62. The molecule has 0 spiro atoms. The number of nitrogens with zero attached hydrogens (tertiary/aromatic N) is 4. The number of aliphatic hydroxyl groups excluding tert-OH is 1. The molecule has 1 fully saturated rings. The second-order valence-electron chi connectivity index (χ2n) is 6.32. The van der Waals surface area contributed by atoms with Crippen molar-refractivity contribution in [3.8, 4) is 5.69 Å². The maximum Gasteiger partial charge on any atom is 0.138 e. The van der Waals surface area contributed by atoms with Gasteiger partial charge in [-0.25, -0.2) is 9.67 Å². The lowest BCUT2D eigenvalue weighted by molar-refractivity contribution is 0.0695. The Morgan fingerprint density at radius 3 is 2.68 bits per heavy atom. The zero-order valence-electron chi connectivity index (χ0n) is 13.3. The van der Waals surface area contributed by atoms with Gasteiger partial charge in [-0.15, -0.1) is 0 Å². The van der Waals surface area contributed by atoms with Crippen LogP contribution in [0.5, 0.6) is 0 Å². The summed E-state index contributed by atoms with van der Waals surface area (Å²) in [5.74, 6) is 0.465. The third-order valence-corrected chi connectivity index (χ3v) is 4.65. The number of aromatic nitrogens is 3. The van der Waals surface area contributed by atoms with Crippen molar-refractivity contribution in [2.24, 2.45) is 5.92 Å². The molecule has 0 saturated carbocycles. The van der Waals surface area contributed by atoms with Crippen LogP contribution in [0.2, 0.25) is 0 Å². The van der Waals surface area contributed by atoms with Gasteiger partial charge < -0.3 is 5.11 Å². The van der Waals surface area contributed by atoms with E-state index < -0.39 is 0 Å². The Labute approximate surface area is 131 Å². The molecule has 0 radical (unpaired) electrons. The highest BCUT2D eigenvalue weighted by atomic mass is 16.3. The van der Waals surface area contributed by atoms with Crippen LogP contribution in [0.1, 0.15) is 30.9 Å².